The van der Waals surface area contributed by atoms with Crippen molar-refractivity contribution in [3.8, 4) is 0 Å². The van der Waals surface area contributed by atoms with E-state index in [1.807, 2.05) is 32.9 Å². The lowest BCUT2D eigenvalue weighted by atomic mass is 10.1. The highest BCUT2D eigenvalue weighted by molar-refractivity contribution is 7.89. The Bertz CT molecular complexity index is 1120. The number of fused-ring (bicyclic) bond motifs is 1. The Kier molecular flexibility index (Phi) is 5.32. The fourth-order valence-electron chi connectivity index (χ4n) is 2.66. The van der Waals surface area contributed by atoms with Crippen LogP contribution in [0.15, 0.2) is 41.3 Å². The molecule has 1 N–H and O–H groups in total. The average Bonchev–Trinajstić information content (AvgIpc) is 2.96. The number of sulfonamides is 1. The molecule has 3 aromatic rings. The van der Waals surface area contributed by atoms with E-state index in [2.05, 4.69) is 10.3 Å². The number of benzene rings is 2. The van der Waals surface area contributed by atoms with Crippen molar-refractivity contribution in [3.63, 3.8) is 0 Å². The predicted octanol–water partition coefficient (Wildman–Crippen LogP) is 3.48. The van der Waals surface area contributed by atoms with Gasteiger partial charge in [0.1, 0.15) is 0 Å². The number of aryl methyl sites for hydroxylation is 3. The van der Waals surface area contributed by atoms with E-state index in [1.54, 1.807) is 35.6 Å². The molecule has 3 rings (SSSR count). The van der Waals surface area contributed by atoms with Crippen LogP contribution in [0.3, 0.4) is 0 Å². The van der Waals surface area contributed by atoms with Crippen LogP contribution in [0.5, 0.6) is 0 Å². The van der Waals surface area contributed by atoms with E-state index in [0.29, 0.717) is 5.69 Å². The molecule has 142 valence electrons. The summed E-state index contributed by atoms with van der Waals surface area (Å²) in [5.74, 6) is -0.398. The van der Waals surface area contributed by atoms with Crippen LogP contribution in [0.4, 0.5) is 5.69 Å². The molecular formula is C19H21N3O3S2. The molecule has 1 heterocycles. The zero-order valence-corrected chi connectivity index (χ0v) is 17.2. The smallest absolute Gasteiger partial charge is 0.243 e. The Morgan fingerprint density at radius 3 is 2.56 bits per heavy atom. The number of hydrogen-bond donors (Lipinski definition) is 1. The molecular weight excluding hydrogens is 382 g/mol. The van der Waals surface area contributed by atoms with E-state index in [9.17, 15) is 13.2 Å². The minimum Gasteiger partial charge on any atom is -0.325 e. The zero-order valence-electron chi connectivity index (χ0n) is 15.6. The lowest BCUT2D eigenvalue weighted by molar-refractivity contribution is -0.116. The van der Waals surface area contributed by atoms with Crippen molar-refractivity contribution < 1.29 is 13.2 Å². The summed E-state index contributed by atoms with van der Waals surface area (Å²) >= 11 is 1.54. The minimum atomic E-state index is -3.73. The molecule has 1 amide bonds. The van der Waals surface area contributed by atoms with Crippen LogP contribution in [0.1, 0.15) is 16.1 Å². The van der Waals surface area contributed by atoms with Gasteiger partial charge in [-0.2, -0.15) is 4.31 Å². The zero-order chi connectivity index (χ0) is 19.8. The number of anilines is 1. The van der Waals surface area contributed by atoms with Gasteiger partial charge in [0.15, 0.2) is 0 Å². The van der Waals surface area contributed by atoms with Crippen LogP contribution in [0.2, 0.25) is 0 Å². The van der Waals surface area contributed by atoms with E-state index < -0.39 is 15.9 Å². The third-order valence-corrected chi connectivity index (χ3v) is 7.06. The first-order valence-electron chi connectivity index (χ1n) is 8.37. The van der Waals surface area contributed by atoms with E-state index in [1.165, 1.54) is 7.05 Å². The van der Waals surface area contributed by atoms with Crippen molar-refractivity contribution in [1.29, 1.82) is 0 Å². The summed E-state index contributed by atoms with van der Waals surface area (Å²) in [5.41, 5.74) is 3.41. The fourth-order valence-corrected chi connectivity index (χ4v) is 4.74. The minimum absolute atomic E-state index is 0.183. The number of rotatable bonds is 5. The summed E-state index contributed by atoms with van der Waals surface area (Å²) < 4.78 is 27.4. The summed E-state index contributed by atoms with van der Waals surface area (Å²) in [5, 5.41) is 3.70. The molecule has 0 fully saturated rings. The predicted molar refractivity (Wildman–Crippen MR) is 109 cm³/mol. The largest absolute Gasteiger partial charge is 0.325 e. The number of amides is 1. The number of likely N-dealkylation sites (N-methyl/N-ethyl adjacent to an activating group) is 1. The molecule has 2 aromatic carbocycles. The van der Waals surface area contributed by atoms with Gasteiger partial charge in [-0.25, -0.2) is 13.4 Å². The normalized spacial score (nSPS) is 11.9. The maximum atomic E-state index is 12.7. The van der Waals surface area contributed by atoms with Crippen LogP contribution in [-0.2, 0) is 14.8 Å². The molecule has 0 aliphatic carbocycles. The van der Waals surface area contributed by atoms with Gasteiger partial charge in [0.05, 0.1) is 26.7 Å². The molecule has 0 spiro atoms. The van der Waals surface area contributed by atoms with Gasteiger partial charge in [0, 0.05) is 12.7 Å². The topological polar surface area (TPSA) is 79.4 Å². The monoisotopic (exact) mass is 403 g/mol. The molecule has 0 aliphatic heterocycles. The van der Waals surface area contributed by atoms with Crippen molar-refractivity contribution in [3.05, 3.63) is 52.5 Å². The number of aromatic nitrogens is 1. The maximum Gasteiger partial charge on any atom is 0.243 e. The lowest BCUT2D eigenvalue weighted by Crippen LogP contribution is -2.35. The number of hydrogen-bond acceptors (Lipinski definition) is 5. The highest BCUT2D eigenvalue weighted by Gasteiger charge is 2.23. The van der Waals surface area contributed by atoms with Gasteiger partial charge in [-0.15, -0.1) is 11.3 Å². The second-order valence-corrected chi connectivity index (χ2v) is 9.75. The Balaban J connectivity index is 1.72. The van der Waals surface area contributed by atoms with Crippen LogP contribution >= 0.6 is 11.3 Å². The summed E-state index contributed by atoms with van der Waals surface area (Å²) in [6, 6.07) is 10.4. The van der Waals surface area contributed by atoms with Crippen LogP contribution in [0.25, 0.3) is 10.2 Å². The van der Waals surface area contributed by atoms with E-state index in [4.69, 9.17) is 0 Å². The Morgan fingerprint density at radius 1 is 1.11 bits per heavy atom. The van der Waals surface area contributed by atoms with Crippen molar-refractivity contribution in [2.45, 2.75) is 25.7 Å². The number of nitrogens with one attached hydrogen (secondary N) is 1. The SMILES string of the molecule is Cc1nc2ccc(NC(=O)CN(C)S(=O)(=O)c3ccc(C)c(C)c3)cc2s1. The molecule has 27 heavy (non-hydrogen) atoms. The second-order valence-electron chi connectivity index (χ2n) is 6.47. The van der Waals surface area contributed by atoms with E-state index >= 15 is 0 Å². The van der Waals surface area contributed by atoms with Crippen molar-refractivity contribution in [2.24, 2.45) is 0 Å². The van der Waals surface area contributed by atoms with Gasteiger partial charge >= 0.3 is 0 Å². The standard InChI is InChI=1S/C19H21N3O3S2/c1-12-5-7-16(9-13(12)2)27(24,25)22(4)11-19(23)21-15-6-8-17-18(10-15)26-14(3)20-17/h5-10H,11H2,1-4H3,(H,21,23). The van der Waals surface area contributed by atoms with Gasteiger partial charge in [-0.3, -0.25) is 4.79 Å². The number of carbonyl (C=O) groups is 1. The van der Waals surface area contributed by atoms with Gasteiger partial charge in [-0.1, -0.05) is 6.07 Å². The van der Waals surface area contributed by atoms with Gasteiger partial charge in [0.25, 0.3) is 0 Å². The maximum absolute atomic E-state index is 12.7. The van der Waals surface area contributed by atoms with Crippen molar-refractivity contribution in [2.75, 3.05) is 18.9 Å². The molecule has 0 bridgehead atoms. The lowest BCUT2D eigenvalue weighted by Gasteiger charge is -2.17. The molecule has 0 unspecified atom stereocenters. The molecule has 0 saturated carbocycles. The van der Waals surface area contributed by atoms with Crippen LogP contribution < -0.4 is 5.32 Å². The molecule has 0 atom stereocenters. The third-order valence-electron chi connectivity index (χ3n) is 4.33. The summed E-state index contributed by atoms with van der Waals surface area (Å²) in [7, 11) is -2.33. The van der Waals surface area contributed by atoms with Gasteiger partial charge < -0.3 is 5.32 Å². The average molecular weight is 404 g/mol. The Morgan fingerprint density at radius 2 is 1.85 bits per heavy atom. The quantitative estimate of drug-likeness (QED) is 0.707. The molecule has 0 aliphatic rings. The molecule has 8 heteroatoms. The number of thiazole rings is 1. The first-order chi connectivity index (χ1) is 12.7. The van der Waals surface area contributed by atoms with E-state index in [0.717, 1.165) is 30.7 Å². The summed E-state index contributed by atoms with van der Waals surface area (Å²) in [6.45, 7) is 5.44. The first kappa shape index (κ1) is 19.5. The Labute approximate surface area is 162 Å². The first-order valence-corrected chi connectivity index (χ1v) is 10.6. The number of nitrogens with zero attached hydrogens (tertiary/aromatic N) is 2. The third kappa shape index (κ3) is 4.18. The highest BCUT2D eigenvalue weighted by atomic mass is 32.2. The van der Waals surface area contributed by atoms with Crippen molar-refractivity contribution >= 4 is 43.2 Å². The van der Waals surface area contributed by atoms with Crippen LogP contribution in [0, 0.1) is 20.8 Å². The van der Waals surface area contributed by atoms with Gasteiger partial charge in [0.2, 0.25) is 15.9 Å². The molecule has 1 aromatic heterocycles. The fraction of sp³-hybridized carbons (Fsp3) is 0.263. The summed E-state index contributed by atoms with van der Waals surface area (Å²) in [4.78, 5) is 16.9. The van der Waals surface area contributed by atoms with E-state index in [-0.39, 0.29) is 11.4 Å². The van der Waals surface area contributed by atoms with Crippen molar-refractivity contribution in [1.82, 2.24) is 9.29 Å². The van der Waals surface area contributed by atoms with Gasteiger partial charge in [-0.05, 0) is 62.2 Å². The highest BCUT2D eigenvalue weighted by Crippen LogP contribution is 2.25. The summed E-state index contributed by atoms with van der Waals surface area (Å²) in [6.07, 6.45) is 0. The Hall–Kier alpha value is -2.29. The molecule has 0 radical (unpaired) electrons. The number of carbonyl (C=O) groups excluding carboxylic acids is 1. The van der Waals surface area contributed by atoms with Crippen LogP contribution in [-0.4, -0.2) is 37.2 Å². The molecule has 6 nitrogen and oxygen atoms in total. The second kappa shape index (κ2) is 7.38. The molecule has 0 saturated heterocycles.